The summed E-state index contributed by atoms with van der Waals surface area (Å²) in [7, 11) is 0. The molecular weight excluding hydrogens is 307 g/mol. The monoisotopic (exact) mass is 336 g/mol. The van der Waals surface area contributed by atoms with Crippen molar-refractivity contribution in [1.82, 2.24) is 10.2 Å². The zero-order valence-corrected chi connectivity index (χ0v) is 14.9. The molecule has 0 bridgehead atoms. The average Bonchev–Trinajstić information content (AvgIpc) is 2.43. The summed E-state index contributed by atoms with van der Waals surface area (Å²) in [6.45, 7) is 6.56. The number of hydrogen-bond acceptors (Lipinski definition) is 2. The second kappa shape index (κ2) is 7.97. The van der Waals surface area contributed by atoms with Crippen LogP contribution in [0.15, 0.2) is 24.3 Å². The van der Waals surface area contributed by atoms with Crippen LogP contribution in [-0.4, -0.2) is 34.7 Å². The number of nitrogens with zero attached hydrogens (tertiary/aromatic N) is 1. The van der Waals surface area contributed by atoms with Crippen molar-refractivity contribution in [3.8, 4) is 0 Å². The topological polar surface area (TPSA) is 52.6 Å². The number of aliphatic hydroxyl groups is 1. The second-order valence-corrected chi connectivity index (χ2v) is 7.68. The van der Waals surface area contributed by atoms with Crippen molar-refractivity contribution in [3.05, 3.63) is 35.6 Å². The van der Waals surface area contributed by atoms with E-state index in [-0.39, 0.29) is 23.3 Å². The van der Waals surface area contributed by atoms with Gasteiger partial charge in [-0.05, 0) is 44.1 Å². The molecule has 1 unspecified atom stereocenters. The quantitative estimate of drug-likeness (QED) is 0.798. The molecule has 1 aromatic carbocycles. The molecule has 24 heavy (non-hydrogen) atoms. The minimum Gasteiger partial charge on any atom is -0.393 e. The second-order valence-electron chi connectivity index (χ2n) is 7.68. The lowest BCUT2D eigenvalue weighted by atomic mass is 9.87. The summed E-state index contributed by atoms with van der Waals surface area (Å²) >= 11 is 0. The number of carbonyl (C=O) groups is 1. The van der Waals surface area contributed by atoms with E-state index in [0.717, 1.165) is 19.3 Å². The lowest BCUT2D eigenvalue weighted by Crippen LogP contribution is -2.50. The number of urea groups is 1. The van der Waals surface area contributed by atoms with E-state index in [2.05, 4.69) is 5.32 Å². The van der Waals surface area contributed by atoms with Gasteiger partial charge in [0.2, 0.25) is 0 Å². The molecule has 0 heterocycles. The summed E-state index contributed by atoms with van der Waals surface area (Å²) < 4.78 is 13.9. The number of carbonyl (C=O) groups excluding carboxylic acids is 1. The van der Waals surface area contributed by atoms with Crippen LogP contribution >= 0.6 is 0 Å². The summed E-state index contributed by atoms with van der Waals surface area (Å²) in [6, 6.07) is 6.64. The normalized spacial score (nSPS) is 16.4. The zero-order chi connectivity index (χ0) is 17.7. The summed E-state index contributed by atoms with van der Waals surface area (Å²) in [5.41, 5.74) is 0.357. The van der Waals surface area contributed by atoms with Crippen molar-refractivity contribution in [1.29, 1.82) is 0 Å². The summed E-state index contributed by atoms with van der Waals surface area (Å²) in [6.07, 6.45) is 3.26. The molecule has 1 aromatic rings. The van der Waals surface area contributed by atoms with Crippen LogP contribution in [0.5, 0.6) is 0 Å². The molecule has 5 heteroatoms. The lowest BCUT2D eigenvalue weighted by Gasteiger charge is -2.38. The van der Waals surface area contributed by atoms with E-state index in [4.69, 9.17) is 0 Å². The van der Waals surface area contributed by atoms with E-state index >= 15 is 0 Å². The molecular formula is C19H29FN2O2. The van der Waals surface area contributed by atoms with E-state index < -0.39 is 6.10 Å². The molecule has 1 aliphatic carbocycles. The van der Waals surface area contributed by atoms with Crippen LogP contribution in [0.25, 0.3) is 0 Å². The maximum Gasteiger partial charge on any atom is 0.317 e. The molecule has 2 amide bonds. The number of rotatable bonds is 7. The number of nitrogens with one attached hydrogen (secondary N) is 1. The van der Waals surface area contributed by atoms with Gasteiger partial charge >= 0.3 is 6.03 Å². The van der Waals surface area contributed by atoms with Crippen LogP contribution in [0.3, 0.4) is 0 Å². The van der Waals surface area contributed by atoms with Crippen LogP contribution in [0.2, 0.25) is 0 Å². The molecule has 0 spiro atoms. The fourth-order valence-electron chi connectivity index (χ4n) is 3.16. The largest absolute Gasteiger partial charge is 0.393 e. The Morgan fingerprint density at radius 1 is 1.42 bits per heavy atom. The van der Waals surface area contributed by atoms with Crippen LogP contribution < -0.4 is 5.32 Å². The Morgan fingerprint density at radius 3 is 2.62 bits per heavy atom. The average molecular weight is 336 g/mol. The van der Waals surface area contributed by atoms with Crippen molar-refractivity contribution in [2.75, 3.05) is 6.54 Å². The molecule has 134 valence electrons. The van der Waals surface area contributed by atoms with E-state index in [1.807, 2.05) is 13.8 Å². The molecule has 1 fully saturated rings. The number of aliphatic hydroxyl groups excluding tert-OH is 1. The Morgan fingerprint density at radius 2 is 2.08 bits per heavy atom. The third kappa shape index (κ3) is 5.20. The highest BCUT2D eigenvalue weighted by atomic mass is 19.1. The van der Waals surface area contributed by atoms with Gasteiger partial charge in [-0.25, -0.2) is 9.18 Å². The first-order valence-electron chi connectivity index (χ1n) is 8.74. The predicted molar refractivity (Wildman–Crippen MR) is 93.1 cm³/mol. The maximum atomic E-state index is 13.9. The SMILES string of the molecule is CC(O)CC(C)(C)CNC(=O)N(Cc1ccccc1F)C1CCC1. The lowest BCUT2D eigenvalue weighted by molar-refractivity contribution is 0.114. The Bertz CT molecular complexity index is 556. The fourth-order valence-corrected chi connectivity index (χ4v) is 3.16. The Balaban J connectivity index is 2.00. The number of halogens is 1. The van der Waals surface area contributed by atoms with E-state index in [1.54, 1.807) is 30.0 Å². The highest BCUT2D eigenvalue weighted by Gasteiger charge is 2.30. The fraction of sp³-hybridized carbons (Fsp3) is 0.632. The minimum absolute atomic E-state index is 0.151. The van der Waals surface area contributed by atoms with Gasteiger partial charge in [0.15, 0.2) is 0 Å². The highest BCUT2D eigenvalue weighted by molar-refractivity contribution is 5.74. The Hall–Kier alpha value is -1.62. The van der Waals surface area contributed by atoms with Crippen molar-refractivity contribution in [2.24, 2.45) is 5.41 Å². The molecule has 0 aliphatic heterocycles. The highest BCUT2D eigenvalue weighted by Crippen LogP contribution is 2.27. The molecule has 4 nitrogen and oxygen atoms in total. The first kappa shape index (κ1) is 18.7. The number of amides is 2. The van der Waals surface area contributed by atoms with Crippen molar-refractivity contribution >= 4 is 6.03 Å². The molecule has 1 atom stereocenters. The molecule has 2 rings (SSSR count). The van der Waals surface area contributed by atoms with Gasteiger partial charge in [-0.2, -0.15) is 0 Å². The molecule has 1 saturated carbocycles. The van der Waals surface area contributed by atoms with Crippen LogP contribution in [-0.2, 0) is 6.54 Å². The van der Waals surface area contributed by atoms with Crippen LogP contribution in [0.1, 0.15) is 52.0 Å². The smallest absolute Gasteiger partial charge is 0.317 e. The molecule has 0 saturated heterocycles. The van der Waals surface area contributed by atoms with Crippen molar-refractivity contribution in [3.63, 3.8) is 0 Å². The molecule has 0 radical (unpaired) electrons. The third-order valence-corrected chi connectivity index (χ3v) is 4.64. The predicted octanol–water partition coefficient (Wildman–Crippen LogP) is 3.69. The van der Waals surface area contributed by atoms with E-state index in [9.17, 15) is 14.3 Å². The third-order valence-electron chi connectivity index (χ3n) is 4.64. The van der Waals surface area contributed by atoms with Gasteiger partial charge in [-0.3, -0.25) is 0 Å². The molecule has 1 aliphatic rings. The first-order chi connectivity index (χ1) is 11.3. The maximum absolute atomic E-state index is 13.9. The summed E-state index contributed by atoms with van der Waals surface area (Å²) in [4.78, 5) is 14.4. The van der Waals surface area contributed by atoms with Gasteiger partial charge in [0.25, 0.3) is 0 Å². The van der Waals surface area contributed by atoms with Gasteiger partial charge in [-0.1, -0.05) is 32.0 Å². The van der Waals surface area contributed by atoms with Gasteiger partial charge < -0.3 is 15.3 Å². The number of benzene rings is 1. The van der Waals surface area contributed by atoms with Crippen LogP contribution in [0.4, 0.5) is 9.18 Å². The van der Waals surface area contributed by atoms with Gasteiger partial charge in [0, 0.05) is 18.2 Å². The minimum atomic E-state index is -0.405. The molecule has 2 N–H and O–H groups in total. The first-order valence-corrected chi connectivity index (χ1v) is 8.74. The van der Waals surface area contributed by atoms with Gasteiger partial charge in [0.1, 0.15) is 5.82 Å². The number of hydrogen-bond donors (Lipinski definition) is 2. The standard InChI is InChI=1S/C19H29FN2O2/c1-14(23)11-19(2,3)13-21-18(24)22(16-8-6-9-16)12-15-7-4-5-10-17(15)20/h4-5,7,10,14,16,23H,6,8-9,11-13H2,1-3H3,(H,21,24). The van der Waals surface area contributed by atoms with Crippen LogP contribution in [0, 0.1) is 11.2 Å². The summed E-state index contributed by atoms with van der Waals surface area (Å²) in [5.74, 6) is -0.274. The van der Waals surface area contributed by atoms with Gasteiger partial charge in [0.05, 0.1) is 12.6 Å². The van der Waals surface area contributed by atoms with Gasteiger partial charge in [-0.15, -0.1) is 0 Å². The summed E-state index contributed by atoms with van der Waals surface area (Å²) in [5, 5.41) is 12.5. The van der Waals surface area contributed by atoms with Crippen molar-refractivity contribution < 1.29 is 14.3 Å². The Kier molecular flexibility index (Phi) is 6.21. The van der Waals surface area contributed by atoms with E-state index in [1.165, 1.54) is 6.07 Å². The molecule has 0 aromatic heterocycles. The zero-order valence-electron chi connectivity index (χ0n) is 14.9. The van der Waals surface area contributed by atoms with E-state index in [0.29, 0.717) is 25.1 Å². The van der Waals surface area contributed by atoms with Crippen molar-refractivity contribution in [2.45, 2.75) is 65.1 Å². The Labute approximate surface area is 144 Å².